The van der Waals surface area contributed by atoms with Crippen LogP contribution in [0.1, 0.15) is 0 Å². The van der Waals surface area contributed by atoms with Gasteiger partial charge in [-0.3, -0.25) is 0 Å². The smallest absolute Gasteiger partial charge is 0.246 e. The molecule has 2 aromatic heterocycles. The van der Waals surface area contributed by atoms with E-state index in [-0.39, 0.29) is 0 Å². The highest BCUT2D eigenvalue weighted by molar-refractivity contribution is 6.10. The number of hydrogen-bond donors (Lipinski definition) is 0. The Labute approximate surface area is 328 Å². The summed E-state index contributed by atoms with van der Waals surface area (Å²) in [7, 11) is 0. The highest BCUT2D eigenvalue weighted by Gasteiger charge is 2.15. The topological polar surface area (TPSA) is 38.9 Å². The Kier molecular flexibility index (Phi) is 6.93. The van der Waals surface area contributed by atoms with Crippen LogP contribution in [0.2, 0.25) is 0 Å². The van der Waals surface area contributed by atoms with E-state index >= 15 is 0 Å². The van der Waals surface area contributed by atoms with Crippen molar-refractivity contribution in [1.29, 1.82) is 0 Å². The monoisotopic (exact) mass is 724 g/mol. The van der Waals surface area contributed by atoms with Crippen molar-refractivity contribution in [2.24, 2.45) is 0 Å². The van der Waals surface area contributed by atoms with Crippen molar-refractivity contribution in [1.82, 2.24) is 9.97 Å². The lowest BCUT2D eigenvalue weighted by Gasteiger charge is -2.09. The van der Waals surface area contributed by atoms with E-state index in [1.807, 2.05) is 12.1 Å². The first kappa shape index (κ1) is 31.7. The molecule has 0 N–H and O–H groups in total. The van der Waals surface area contributed by atoms with Crippen LogP contribution >= 0.6 is 0 Å². The SMILES string of the molecule is c1cc(-c2ccc3c(ccc4ccccc43)c2)cc(-c2ccc3nc4oc5ccc(-c6cccc(-c7ccc8c(ccc9ccccc98)c7)c6)cc5c4nc3c2)c1. The highest BCUT2D eigenvalue weighted by atomic mass is 16.3. The third-order valence-corrected chi connectivity index (χ3v) is 11.6. The number of rotatable bonds is 4. The zero-order chi connectivity index (χ0) is 37.5. The van der Waals surface area contributed by atoms with Gasteiger partial charge in [-0.1, -0.05) is 146 Å². The molecule has 0 aliphatic rings. The molecular formula is C54H32N2O. The minimum atomic E-state index is 0.547. The maximum atomic E-state index is 6.28. The molecule has 0 unspecified atom stereocenters. The number of fused-ring (bicyclic) bond motifs is 10. The second-order valence-corrected chi connectivity index (χ2v) is 15.0. The van der Waals surface area contributed by atoms with E-state index in [1.54, 1.807) is 0 Å². The normalized spacial score (nSPS) is 11.9. The molecule has 10 aromatic carbocycles. The third kappa shape index (κ3) is 5.28. The predicted molar refractivity (Wildman–Crippen MR) is 239 cm³/mol. The van der Waals surface area contributed by atoms with Crippen LogP contribution in [-0.4, -0.2) is 9.97 Å². The zero-order valence-electron chi connectivity index (χ0n) is 30.8. The predicted octanol–water partition coefficient (Wildman–Crippen LogP) is 14.8. The molecule has 0 atom stereocenters. The Bertz CT molecular complexity index is 3590. The van der Waals surface area contributed by atoms with Crippen molar-refractivity contribution in [2.75, 3.05) is 0 Å². The average molecular weight is 725 g/mol. The van der Waals surface area contributed by atoms with Gasteiger partial charge in [0.1, 0.15) is 11.1 Å². The molecule has 0 spiro atoms. The lowest BCUT2D eigenvalue weighted by atomic mass is 9.95. The lowest BCUT2D eigenvalue weighted by Crippen LogP contribution is -1.87. The molecule has 2 heterocycles. The summed E-state index contributed by atoms with van der Waals surface area (Å²) in [6.07, 6.45) is 0. The van der Waals surface area contributed by atoms with Crippen LogP contribution < -0.4 is 0 Å². The van der Waals surface area contributed by atoms with Crippen LogP contribution in [0.3, 0.4) is 0 Å². The number of furan rings is 1. The zero-order valence-corrected chi connectivity index (χ0v) is 30.8. The van der Waals surface area contributed by atoms with Gasteiger partial charge in [0.2, 0.25) is 5.71 Å². The maximum absolute atomic E-state index is 6.28. The summed E-state index contributed by atoms with van der Waals surface area (Å²) >= 11 is 0. The van der Waals surface area contributed by atoms with Gasteiger partial charge in [0.15, 0.2) is 0 Å². The van der Waals surface area contributed by atoms with Gasteiger partial charge in [0.05, 0.1) is 11.0 Å². The van der Waals surface area contributed by atoms with Crippen molar-refractivity contribution >= 4 is 76.3 Å². The fourth-order valence-corrected chi connectivity index (χ4v) is 8.69. The van der Waals surface area contributed by atoms with Crippen molar-refractivity contribution in [3.63, 3.8) is 0 Å². The third-order valence-electron chi connectivity index (χ3n) is 11.6. The molecule has 57 heavy (non-hydrogen) atoms. The van der Waals surface area contributed by atoms with Crippen LogP contribution in [0.4, 0.5) is 0 Å². The van der Waals surface area contributed by atoms with Gasteiger partial charge in [-0.25, -0.2) is 9.97 Å². The Morgan fingerprint density at radius 1 is 0.281 bits per heavy atom. The van der Waals surface area contributed by atoms with Crippen molar-refractivity contribution in [3.05, 3.63) is 194 Å². The summed E-state index contributed by atoms with van der Waals surface area (Å²) in [5.41, 5.74) is 12.9. The first-order valence-electron chi connectivity index (χ1n) is 19.4. The van der Waals surface area contributed by atoms with E-state index in [0.29, 0.717) is 5.71 Å². The molecule has 0 aliphatic heterocycles. The van der Waals surface area contributed by atoms with Gasteiger partial charge < -0.3 is 4.42 Å². The molecule has 0 saturated heterocycles. The van der Waals surface area contributed by atoms with E-state index in [1.165, 1.54) is 65.3 Å². The van der Waals surface area contributed by atoms with Gasteiger partial charge in [0.25, 0.3) is 0 Å². The Hall–Kier alpha value is -7.62. The van der Waals surface area contributed by atoms with Crippen LogP contribution in [0.15, 0.2) is 199 Å². The average Bonchev–Trinajstić information content (AvgIpc) is 3.64. The van der Waals surface area contributed by atoms with E-state index in [4.69, 9.17) is 14.4 Å². The summed E-state index contributed by atoms with van der Waals surface area (Å²) in [6.45, 7) is 0. The summed E-state index contributed by atoms with van der Waals surface area (Å²) in [5, 5.41) is 11.1. The molecule has 12 aromatic rings. The summed E-state index contributed by atoms with van der Waals surface area (Å²) < 4.78 is 6.28. The summed E-state index contributed by atoms with van der Waals surface area (Å²) in [4.78, 5) is 10.1. The second kappa shape index (κ2) is 12.5. The first-order valence-corrected chi connectivity index (χ1v) is 19.4. The Morgan fingerprint density at radius 3 is 1.37 bits per heavy atom. The maximum Gasteiger partial charge on any atom is 0.246 e. The molecule has 0 saturated carbocycles. The van der Waals surface area contributed by atoms with Crippen molar-refractivity contribution < 1.29 is 4.42 Å². The van der Waals surface area contributed by atoms with E-state index in [0.717, 1.165) is 49.8 Å². The Morgan fingerprint density at radius 2 is 0.754 bits per heavy atom. The molecule has 0 bridgehead atoms. The lowest BCUT2D eigenvalue weighted by molar-refractivity contribution is 0.655. The van der Waals surface area contributed by atoms with E-state index in [2.05, 4.69) is 182 Å². The Balaban J connectivity index is 0.894. The van der Waals surface area contributed by atoms with Gasteiger partial charge >= 0.3 is 0 Å². The molecule has 0 fully saturated rings. The van der Waals surface area contributed by atoms with Crippen LogP contribution in [-0.2, 0) is 0 Å². The molecule has 3 heteroatoms. The van der Waals surface area contributed by atoms with Gasteiger partial charge in [-0.05, 0) is 136 Å². The van der Waals surface area contributed by atoms with Gasteiger partial charge in [-0.15, -0.1) is 0 Å². The summed E-state index contributed by atoms with van der Waals surface area (Å²) in [5.74, 6) is 0. The van der Waals surface area contributed by atoms with Crippen LogP contribution in [0, 0.1) is 0 Å². The molecular weight excluding hydrogens is 693 g/mol. The molecule has 0 aliphatic carbocycles. The van der Waals surface area contributed by atoms with Gasteiger partial charge in [-0.2, -0.15) is 0 Å². The fourth-order valence-electron chi connectivity index (χ4n) is 8.69. The minimum absolute atomic E-state index is 0.547. The number of aromatic nitrogens is 2. The molecule has 0 amide bonds. The fraction of sp³-hybridized carbons (Fsp3) is 0. The number of benzene rings is 10. The van der Waals surface area contributed by atoms with Crippen LogP contribution in [0.25, 0.3) is 121 Å². The van der Waals surface area contributed by atoms with Crippen LogP contribution in [0.5, 0.6) is 0 Å². The standard InChI is InChI=1S/C54H32N2O/c1-3-13-45-33(7-1)15-17-43-29-39(19-23-47(43)45)35-9-5-11-37(27-35)41-22-26-52-49(31-41)53-54(57-52)56-50-25-21-42(32-51(50)55-53)38-12-6-10-36(28-38)40-20-24-48-44(30-40)18-16-34-8-2-4-14-46(34)48/h1-32H. The largest absolute Gasteiger partial charge is 0.436 e. The van der Waals surface area contributed by atoms with Crippen molar-refractivity contribution in [2.45, 2.75) is 0 Å². The van der Waals surface area contributed by atoms with E-state index in [9.17, 15) is 0 Å². The number of nitrogens with zero attached hydrogens (tertiary/aromatic N) is 2. The quantitative estimate of drug-likeness (QED) is 0.170. The molecule has 0 radical (unpaired) electrons. The highest BCUT2D eigenvalue weighted by Crippen LogP contribution is 2.37. The molecule has 12 rings (SSSR count). The molecule has 264 valence electrons. The second-order valence-electron chi connectivity index (χ2n) is 15.0. The van der Waals surface area contributed by atoms with Gasteiger partial charge in [0, 0.05) is 5.39 Å². The number of hydrogen-bond acceptors (Lipinski definition) is 3. The van der Waals surface area contributed by atoms with E-state index < -0.39 is 0 Å². The minimum Gasteiger partial charge on any atom is -0.436 e. The van der Waals surface area contributed by atoms with Crippen molar-refractivity contribution in [3.8, 4) is 44.5 Å². The molecule has 3 nitrogen and oxygen atoms in total. The first-order chi connectivity index (χ1) is 28.2. The summed E-state index contributed by atoms with van der Waals surface area (Å²) in [6, 6.07) is 69.8.